The third kappa shape index (κ3) is 7.32. The lowest BCUT2D eigenvalue weighted by molar-refractivity contribution is -0.139. The highest BCUT2D eigenvalue weighted by Crippen LogP contribution is 2.30. The van der Waals surface area contributed by atoms with Gasteiger partial charge in [0, 0.05) is 16.1 Å². The molecule has 0 fully saturated rings. The number of aliphatic carboxylic acids is 1. The molecule has 3 aromatic carbocycles. The summed E-state index contributed by atoms with van der Waals surface area (Å²) in [6.45, 7) is 2.55. The Morgan fingerprint density at radius 1 is 1.00 bits per heavy atom. The van der Waals surface area contributed by atoms with E-state index in [-0.39, 0.29) is 6.61 Å². The first-order valence-corrected chi connectivity index (χ1v) is 14.3. The largest absolute Gasteiger partial charge is 0.480 e. The van der Waals surface area contributed by atoms with Crippen LogP contribution in [0.4, 0.5) is 0 Å². The molecule has 4 rings (SSSR count). The number of thioether (sulfide) groups is 1. The highest BCUT2D eigenvalue weighted by Gasteiger charge is 2.23. The Bertz CT molecular complexity index is 1430. The second-order valence-corrected chi connectivity index (χ2v) is 10.5. The van der Waals surface area contributed by atoms with Gasteiger partial charge in [-0.25, -0.2) is 4.79 Å². The van der Waals surface area contributed by atoms with Crippen LogP contribution in [0.1, 0.15) is 33.7 Å². The van der Waals surface area contributed by atoms with E-state index in [1.807, 2.05) is 79.9 Å². The Hall–Kier alpha value is -3.52. The van der Waals surface area contributed by atoms with Crippen LogP contribution in [0.3, 0.4) is 0 Å². The molecule has 1 unspecified atom stereocenters. The maximum atomic E-state index is 13.3. The molecule has 0 bridgehead atoms. The van der Waals surface area contributed by atoms with Gasteiger partial charge in [-0.15, -0.1) is 0 Å². The molecule has 0 radical (unpaired) electrons. The van der Waals surface area contributed by atoms with Gasteiger partial charge < -0.3 is 19.6 Å². The van der Waals surface area contributed by atoms with Crippen molar-refractivity contribution in [3.63, 3.8) is 0 Å². The Morgan fingerprint density at radius 3 is 2.49 bits per heavy atom. The van der Waals surface area contributed by atoms with Crippen LogP contribution in [-0.2, 0) is 22.7 Å². The Morgan fingerprint density at radius 2 is 1.77 bits per heavy atom. The van der Waals surface area contributed by atoms with E-state index < -0.39 is 17.9 Å². The van der Waals surface area contributed by atoms with Gasteiger partial charge in [0.1, 0.15) is 18.4 Å². The molecule has 1 aromatic heterocycles. The van der Waals surface area contributed by atoms with Crippen LogP contribution in [-0.4, -0.2) is 35.0 Å². The van der Waals surface area contributed by atoms with E-state index in [4.69, 9.17) is 20.8 Å². The van der Waals surface area contributed by atoms with E-state index in [0.717, 1.165) is 33.4 Å². The fourth-order valence-corrected chi connectivity index (χ4v) is 4.90. The number of hydrogen-bond donors (Lipinski definition) is 2. The van der Waals surface area contributed by atoms with Crippen molar-refractivity contribution in [2.75, 3.05) is 12.0 Å². The molecule has 1 amide bonds. The number of carboxylic acid groups (broad SMARTS) is 1. The highest BCUT2D eigenvalue weighted by molar-refractivity contribution is 7.98. The Balaban J connectivity index is 1.54. The molecule has 6 nitrogen and oxygen atoms in total. The number of carboxylic acids is 1. The lowest BCUT2D eigenvalue weighted by Crippen LogP contribution is -2.41. The molecule has 0 aliphatic heterocycles. The number of benzene rings is 3. The van der Waals surface area contributed by atoms with Crippen molar-refractivity contribution in [1.29, 1.82) is 0 Å². The summed E-state index contributed by atoms with van der Waals surface area (Å²) >= 11 is 7.56. The zero-order valence-corrected chi connectivity index (χ0v) is 23.4. The first-order chi connectivity index (χ1) is 18.9. The smallest absolute Gasteiger partial charge is 0.326 e. The van der Waals surface area contributed by atoms with Gasteiger partial charge in [0.05, 0.1) is 12.9 Å². The second kappa shape index (κ2) is 13.5. The lowest BCUT2D eigenvalue weighted by atomic mass is 9.93. The van der Waals surface area contributed by atoms with E-state index in [1.165, 1.54) is 0 Å². The predicted molar refractivity (Wildman–Crippen MR) is 156 cm³/mol. The molecule has 1 atom stereocenters. The van der Waals surface area contributed by atoms with Crippen molar-refractivity contribution in [3.05, 3.63) is 107 Å². The number of aryl methyl sites for hydroxylation is 1. The summed E-state index contributed by atoms with van der Waals surface area (Å²) < 4.78 is 11.7. The quantitative estimate of drug-likeness (QED) is 0.189. The number of ether oxygens (including phenoxy) is 1. The van der Waals surface area contributed by atoms with Gasteiger partial charge >= 0.3 is 5.97 Å². The van der Waals surface area contributed by atoms with Crippen molar-refractivity contribution >= 4 is 35.2 Å². The minimum atomic E-state index is -1.05. The number of amides is 1. The monoisotopic (exact) mass is 563 g/mol. The fourth-order valence-electron chi connectivity index (χ4n) is 4.31. The number of halogens is 1. The van der Waals surface area contributed by atoms with Gasteiger partial charge in [0.25, 0.3) is 5.91 Å². The van der Waals surface area contributed by atoms with E-state index in [9.17, 15) is 14.7 Å². The zero-order valence-electron chi connectivity index (χ0n) is 21.8. The molecule has 0 spiro atoms. The second-order valence-electron chi connectivity index (χ2n) is 9.10. The molecule has 0 saturated carbocycles. The summed E-state index contributed by atoms with van der Waals surface area (Å²) in [5.41, 5.74) is 5.85. The van der Waals surface area contributed by atoms with Crippen molar-refractivity contribution in [2.24, 2.45) is 0 Å². The van der Waals surface area contributed by atoms with Crippen LogP contribution >= 0.6 is 23.4 Å². The molecule has 2 N–H and O–H groups in total. The van der Waals surface area contributed by atoms with E-state index in [0.29, 0.717) is 35.1 Å². The van der Waals surface area contributed by atoms with Crippen LogP contribution in [0.25, 0.3) is 22.3 Å². The van der Waals surface area contributed by atoms with Gasteiger partial charge in [-0.3, -0.25) is 4.79 Å². The minimum Gasteiger partial charge on any atom is -0.480 e. The third-order valence-corrected chi connectivity index (χ3v) is 7.28. The average Bonchev–Trinajstić information content (AvgIpc) is 3.40. The van der Waals surface area contributed by atoms with Crippen molar-refractivity contribution in [3.8, 4) is 22.3 Å². The number of hydrogen-bond acceptors (Lipinski definition) is 5. The summed E-state index contributed by atoms with van der Waals surface area (Å²) in [6.07, 6.45) is 3.89. The lowest BCUT2D eigenvalue weighted by Gasteiger charge is -2.17. The minimum absolute atomic E-state index is 0.266. The molecular weight excluding hydrogens is 534 g/mol. The number of furan rings is 1. The first-order valence-electron chi connectivity index (χ1n) is 12.5. The van der Waals surface area contributed by atoms with Crippen molar-refractivity contribution in [2.45, 2.75) is 32.6 Å². The first kappa shape index (κ1) is 28.5. The van der Waals surface area contributed by atoms with Gasteiger partial charge in [-0.1, -0.05) is 54.1 Å². The molecule has 0 saturated heterocycles. The predicted octanol–water partition coefficient (Wildman–Crippen LogP) is 7.23. The fraction of sp³-hybridized carbons (Fsp3) is 0.226. The molecule has 0 aliphatic carbocycles. The molecule has 202 valence electrons. The molecule has 0 aliphatic rings. The average molecular weight is 564 g/mol. The molecule has 8 heteroatoms. The zero-order chi connectivity index (χ0) is 27.8. The van der Waals surface area contributed by atoms with E-state index in [1.54, 1.807) is 24.1 Å². The van der Waals surface area contributed by atoms with E-state index >= 15 is 0 Å². The van der Waals surface area contributed by atoms with Crippen LogP contribution in [0.2, 0.25) is 5.02 Å². The topological polar surface area (TPSA) is 88.8 Å². The molecule has 4 aromatic rings. The summed E-state index contributed by atoms with van der Waals surface area (Å²) in [5.74, 6) is -0.126. The van der Waals surface area contributed by atoms with Gasteiger partial charge in [0.2, 0.25) is 0 Å². The highest BCUT2D eigenvalue weighted by atomic mass is 35.5. The van der Waals surface area contributed by atoms with Crippen molar-refractivity contribution in [1.82, 2.24) is 5.32 Å². The SMILES string of the molecule is CSCCC(NC(=O)c1ccc(COCc2occc2-c2ccc(Cl)cc2)cc1-c1ccccc1C)C(=O)O. The van der Waals surface area contributed by atoms with Crippen LogP contribution in [0.5, 0.6) is 0 Å². The number of carbonyl (C=O) groups excluding carboxylic acids is 1. The number of nitrogens with one attached hydrogen (secondary N) is 1. The molecule has 39 heavy (non-hydrogen) atoms. The summed E-state index contributed by atoms with van der Waals surface area (Å²) in [4.78, 5) is 25.0. The molecular formula is C31H30ClNO5S. The summed E-state index contributed by atoms with van der Waals surface area (Å²) in [5, 5.41) is 13.0. The summed E-state index contributed by atoms with van der Waals surface area (Å²) in [7, 11) is 0. The Kier molecular flexibility index (Phi) is 9.87. The number of carbonyl (C=O) groups is 2. The standard InChI is InChI=1S/C31H30ClNO5S/c1-20-5-3-4-6-24(20)27-17-21(7-12-26(27)30(34)33-28(31(35)36)14-16-39-2)18-37-19-29-25(13-15-38-29)22-8-10-23(32)11-9-22/h3-13,15,17,28H,14,16,18-19H2,1-2H3,(H,33,34)(H,35,36). The van der Waals surface area contributed by atoms with Crippen LogP contribution < -0.4 is 5.32 Å². The van der Waals surface area contributed by atoms with Gasteiger partial charge in [-0.05, 0) is 83.5 Å². The van der Waals surface area contributed by atoms with Crippen molar-refractivity contribution < 1.29 is 23.8 Å². The van der Waals surface area contributed by atoms with Gasteiger partial charge in [0.15, 0.2) is 0 Å². The van der Waals surface area contributed by atoms with E-state index in [2.05, 4.69) is 5.32 Å². The number of rotatable bonds is 12. The summed E-state index contributed by atoms with van der Waals surface area (Å²) in [6, 6.07) is 21.8. The van der Waals surface area contributed by atoms with Crippen LogP contribution in [0.15, 0.2) is 83.5 Å². The molecule has 1 heterocycles. The normalized spacial score (nSPS) is 11.8. The Labute approximate surface area is 237 Å². The maximum Gasteiger partial charge on any atom is 0.326 e. The van der Waals surface area contributed by atoms with Gasteiger partial charge in [-0.2, -0.15) is 11.8 Å². The third-order valence-electron chi connectivity index (χ3n) is 6.38. The maximum absolute atomic E-state index is 13.3. The van der Waals surface area contributed by atoms with Crippen LogP contribution in [0, 0.1) is 6.92 Å².